The zero-order chi connectivity index (χ0) is 19.6. The predicted molar refractivity (Wildman–Crippen MR) is 96.5 cm³/mol. The highest BCUT2D eigenvalue weighted by Crippen LogP contribution is 2.25. The maximum atomic E-state index is 11.8. The van der Waals surface area contributed by atoms with E-state index < -0.39 is 16.0 Å². The Kier molecular flexibility index (Phi) is 5.36. The molecule has 0 radical (unpaired) electrons. The number of piperidine rings is 1. The number of ether oxygens (including phenoxy) is 1. The Bertz CT molecular complexity index is 987. The van der Waals surface area contributed by atoms with Crippen LogP contribution in [0.3, 0.4) is 0 Å². The number of H-pyrrole nitrogens is 2. The highest BCUT2D eigenvalue weighted by molar-refractivity contribution is 5.80. The fourth-order valence-electron chi connectivity index (χ4n) is 3.34. The first-order chi connectivity index (χ1) is 12.9. The van der Waals surface area contributed by atoms with Crippen LogP contribution in [0.1, 0.15) is 25.3 Å². The standard InChI is InChI=1S/C17H20N4O6/c1-2-27-17(24)10-3-5-20(6-4-10)9-11-7-12(21(25)26)8-13-14(11)19-16(23)15(22)18-13/h7-8,10H,2-6,9H2,1H3,(H,18,22)(H,19,23). The van der Waals surface area contributed by atoms with Gasteiger partial charge < -0.3 is 14.7 Å². The van der Waals surface area contributed by atoms with Crippen LogP contribution in [-0.2, 0) is 16.1 Å². The van der Waals surface area contributed by atoms with Crippen molar-refractivity contribution in [3.05, 3.63) is 48.5 Å². The van der Waals surface area contributed by atoms with Crippen LogP contribution < -0.4 is 11.1 Å². The number of aromatic nitrogens is 2. The van der Waals surface area contributed by atoms with E-state index in [-0.39, 0.29) is 23.1 Å². The quantitative estimate of drug-likeness (QED) is 0.342. The molecule has 2 aromatic rings. The third-order valence-corrected chi connectivity index (χ3v) is 4.71. The molecule has 0 saturated carbocycles. The van der Waals surface area contributed by atoms with E-state index in [0.717, 1.165) is 0 Å². The molecule has 0 amide bonds. The average Bonchev–Trinajstić information content (AvgIpc) is 2.63. The van der Waals surface area contributed by atoms with Crippen LogP contribution in [0.4, 0.5) is 5.69 Å². The fourth-order valence-corrected chi connectivity index (χ4v) is 3.34. The molecule has 0 spiro atoms. The zero-order valence-corrected chi connectivity index (χ0v) is 14.8. The number of fused-ring (bicyclic) bond motifs is 1. The van der Waals surface area contributed by atoms with Crippen molar-refractivity contribution in [2.24, 2.45) is 5.92 Å². The van der Waals surface area contributed by atoms with Gasteiger partial charge in [-0.2, -0.15) is 0 Å². The van der Waals surface area contributed by atoms with Crippen molar-refractivity contribution < 1.29 is 14.5 Å². The average molecular weight is 376 g/mol. The van der Waals surface area contributed by atoms with Gasteiger partial charge in [0.25, 0.3) is 5.69 Å². The van der Waals surface area contributed by atoms with Crippen LogP contribution in [0, 0.1) is 16.0 Å². The number of nitro benzene ring substituents is 1. The van der Waals surface area contributed by atoms with E-state index in [9.17, 15) is 24.5 Å². The van der Waals surface area contributed by atoms with Gasteiger partial charge in [-0.25, -0.2) is 0 Å². The molecule has 0 aliphatic carbocycles. The molecular formula is C17H20N4O6. The number of nitro groups is 1. The van der Waals surface area contributed by atoms with Gasteiger partial charge in [0.1, 0.15) is 0 Å². The summed E-state index contributed by atoms with van der Waals surface area (Å²) in [7, 11) is 0. The summed E-state index contributed by atoms with van der Waals surface area (Å²) in [6.45, 7) is 3.73. The van der Waals surface area contributed by atoms with Gasteiger partial charge in [0.05, 0.1) is 28.5 Å². The highest BCUT2D eigenvalue weighted by Gasteiger charge is 2.26. The van der Waals surface area contributed by atoms with Crippen molar-refractivity contribution in [1.29, 1.82) is 0 Å². The second kappa shape index (κ2) is 7.70. The van der Waals surface area contributed by atoms with E-state index in [1.807, 2.05) is 0 Å². The van der Waals surface area contributed by atoms with Crippen LogP contribution in [0.15, 0.2) is 21.7 Å². The van der Waals surface area contributed by atoms with Crippen molar-refractivity contribution in [2.45, 2.75) is 26.3 Å². The van der Waals surface area contributed by atoms with E-state index in [4.69, 9.17) is 4.74 Å². The van der Waals surface area contributed by atoms with Crippen molar-refractivity contribution in [2.75, 3.05) is 19.7 Å². The molecule has 2 heterocycles. The number of esters is 1. The van der Waals surface area contributed by atoms with Crippen LogP contribution in [0.2, 0.25) is 0 Å². The number of nitrogens with zero attached hydrogens (tertiary/aromatic N) is 2. The minimum atomic E-state index is -0.857. The maximum Gasteiger partial charge on any atom is 0.314 e. The number of benzene rings is 1. The number of rotatable bonds is 5. The van der Waals surface area contributed by atoms with E-state index in [2.05, 4.69) is 14.9 Å². The molecule has 1 saturated heterocycles. The maximum absolute atomic E-state index is 11.8. The van der Waals surface area contributed by atoms with Gasteiger partial charge >= 0.3 is 17.1 Å². The molecule has 2 N–H and O–H groups in total. The lowest BCUT2D eigenvalue weighted by Gasteiger charge is -2.30. The normalized spacial score (nSPS) is 15.7. The van der Waals surface area contributed by atoms with Gasteiger partial charge in [-0.05, 0) is 38.4 Å². The van der Waals surface area contributed by atoms with Gasteiger partial charge in [-0.3, -0.25) is 29.4 Å². The van der Waals surface area contributed by atoms with Crippen molar-refractivity contribution in [3.8, 4) is 0 Å². The van der Waals surface area contributed by atoms with Crippen molar-refractivity contribution >= 4 is 22.7 Å². The molecule has 0 atom stereocenters. The summed E-state index contributed by atoms with van der Waals surface area (Å²) < 4.78 is 5.05. The number of aromatic amines is 2. The second-order valence-electron chi connectivity index (χ2n) is 6.50. The number of carbonyl (C=O) groups excluding carboxylic acids is 1. The van der Waals surface area contributed by atoms with E-state index in [1.54, 1.807) is 6.92 Å². The second-order valence-corrected chi connectivity index (χ2v) is 6.50. The monoisotopic (exact) mass is 376 g/mol. The summed E-state index contributed by atoms with van der Waals surface area (Å²) >= 11 is 0. The van der Waals surface area contributed by atoms with Crippen molar-refractivity contribution in [3.63, 3.8) is 0 Å². The van der Waals surface area contributed by atoms with Gasteiger partial charge in [-0.1, -0.05) is 0 Å². The summed E-state index contributed by atoms with van der Waals surface area (Å²) in [6, 6.07) is 2.62. The Balaban J connectivity index is 1.85. The van der Waals surface area contributed by atoms with E-state index in [0.29, 0.717) is 50.2 Å². The first kappa shape index (κ1) is 18.8. The summed E-state index contributed by atoms with van der Waals surface area (Å²) in [5.74, 6) is -0.334. The number of carbonyl (C=O) groups is 1. The molecular weight excluding hydrogens is 356 g/mol. The Morgan fingerprint density at radius 2 is 1.93 bits per heavy atom. The van der Waals surface area contributed by atoms with E-state index in [1.165, 1.54) is 12.1 Å². The Hall–Kier alpha value is -3.01. The Labute approximate surface area is 153 Å². The predicted octanol–water partition coefficient (Wildman–Crippen LogP) is 0.900. The molecule has 1 fully saturated rings. The lowest BCUT2D eigenvalue weighted by atomic mass is 9.96. The topological polar surface area (TPSA) is 138 Å². The van der Waals surface area contributed by atoms with Crippen molar-refractivity contribution in [1.82, 2.24) is 14.9 Å². The smallest absolute Gasteiger partial charge is 0.314 e. The highest BCUT2D eigenvalue weighted by atomic mass is 16.6. The molecule has 1 aromatic carbocycles. The molecule has 1 aliphatic heterocycles. The molecule has 0 bridgehead atoms. The van der Waals surface area contributed by atoms with Crippen LogP contribution in [0.5, 0.6) is 0 Å². The van der Waals surface area contributed by atoms with E-state index >= 15 is 0 Å². The molecule has 27 heavy (non-hydrogen) atoms. The largest absolute Gasteiger partial charge is 0.466 e. The lowest BCUT2D eigenvalue weighted by Crippen LogP contribution is -2.36. The fraction of sp³-hybridized carbons (Fsp3) is 0.471. The number of hydrogen-bond donors (Lipinski definition) is 2. The molecule has 0 unspecified atom stereocenters. The zero-order valence-electron chi connectivity index (χ0n) is 14.8. The molecule has 144 valence electrons. The van der Waals surface area contributed by atoms with Crippen LogP contribution >= 0.6 is 0 Å². The van der Waals surface area contributed by atoms with Gasteiger partial charge in [0.2, 0.25) is 0 Å². The van der Waals surface area contributed by atoms with Gasteiger partial charge in [0, 0.05) is 18.7 Å². The number of non-ortho nitro benzene ring substituents is 1. The summed E-state index contributed by atoms with van der Waals surface area (Å²) in [5, 5.41) is 11.2. The molecule has 10 heteroatoms. The van der Waals surface area contributed by atoms with Gasteiger partial charge in [0.15, 0.2) is 0 Å². The lowest BCUT2D eigenvalue weighted by molar-refractivity contribution is -0.384. The molecule has 1 aliphatic rings. The van der Waals surface area contributed by atoms with Crippen LogP contribution in [-0.4, -0.2) is 45.5 Å². The number of likely N-dealkylation sites (tertiary alicyclic amines) is 1. The minimum absolute atomic E-state index is 0.140. The molecule has 3 rings (SSSR count). The van der Waals surface area contributed by atoms with Crippen LogP contribution in [0.25, 0.3) is 11.0 Å². The molecule has 1 aromatic heterocycles. The summed E-state index contributed by atoms with van der Waals surface area (Å²) in [6.07, 6.45) is 1.28. The van der Waals surface area contributed by atoms with Gasteiger partial charge in [-0.15, -0.1) is 0 Å². The first-order valence-electron chi connectivity index (χ1n) is 8.71. The summed E-state index contributed by atoms with van der Waals surface area (Å²) in [4.78, 5) is 52.7. The minimum Gasteiger partial charge on any atom is -0.466 e. The number of nitrogens with one attached hydrogen (secondary N) is 2. The Morgan fingerprint density at radius 1 is 1.26 bits per heavy atom. The Morgan fingerprint density at radius 3 is 2.56 bits per heavy atom. The summed E-state index contributed by atoms with van der Waals surface area (Å²) in [5.41, 5.74) is -0.700. The first-order valence-corrected chi connectivity index (χ1v) is 8.71. The molecule has 10 nitrogen and oxygen atoms in total. The third kappa shape index (κ3) is 4.05. The third-order valence-electron chi connectivity index (χ3n) is 4.71. The number of hydrogen-bond acceptors (Lipinski definition) is 7. The SMILES string of the molecule is CCOC(=O)C1CCN(Cc2cc([N+](=O)[O-])cc3[nH]c(=O)c(=O)[nH]c23)CC1.